The summed E-state index contributed by atoms with van der Waals surface area (Å²) < 4.78 is 4.80. The Kier molecular flexibility index (Phi) is 4.73. The number of ether oxygens (including phenoxy) is 1. The maximum atomic E-state index is 12.6. The highest BCUT2D eigenvalue weighted by molar-refractivity contribution is 6.08. The minimum absolute atomic E-state index is 0.205. The Hall–Kier alpha value is -2.37. The van der Waals surface area contributed by atoms with Crippen molar-refractivity contribution in [2.45, 2.75) is 39.2 Å². The topological polar surface area (TPSA) is 75.7 Å². The number of hydrogen-bond donors (Lipinski definition) is 1. The van der Waals surface area contributed by atoms with Crippen molar-refractivity contribution in [1.29, 1.82) is 0 Å². The normalized spacial score (nSPS) is 20.8. The SMILES string of the molecule is CCOC(=O)CN1C(=O)N[C@](C)(c2ccc(C(C)C)cc2)C1=O. The fourth-order valence-corrected chi connectivity index (χ4v) is 2.57. The number of nitrogens with zero attached hydrogens (tertiary/aromatic N) is 1. The smallest absolute Gasteiger partial charge is 0.326 e. The minimum Gasteiger partial charge on any atom is -0.465 e. The second-order valence-corrected chi connectivity index (χ2v) is 6.03. The van der Waals surface area contributed by atoms with Gasteiger partial charge in [-0.25, -0.2) is 4.79 Å². The Morgan fingerprint density at radius 3 is 2.39 bits per heavy atom. The van der Waals surface area contributed by atoms with Crippen LogP contribution in [0.2, 0.25) is 0 Å². The van der Waals surface area contributed by atoms with E-state index >= 15 is 0 Å². The van der Waals surface area contributed by atoms with E-state index in [0.29, 0.717) is 11.5 Å². The zero-order chi connectivity index (χ0) is 17.2. The Morgan fingerprint density at radius 1 is 1.26 bits per heavy atom. The van der Waals surface area contributed by atoms with Crippen LogP contribution in [0.3, 0.4) is 0 Å². The maximum Gasteiger partial charge on any atom is 0.326 e. The van der Waals surface area contributed by atoms with Crippen LogP contribution in [0.5, 0.6) is 0 Å². The number of carbonyl (C=O) groups excluding carboxylic acids is 3. The van der Waals surface area contributed by atoms with Crippen molar-refractivity contribution in [3.8, 4) is 0 Å². The monoisotopic (exact) mass is 318 g/mol. The third-order valence-corrected chi connectivity index (χ3v) is 4.02. The van der Waals surface area contributed by atoms with Gasteiger partial charge >= 0.3 is 12.0 Å². The van der Waals surface area contributed by atoms with E-state index in [2.05, 4.69) is 19.2 Å². The molecule has 1 aromatic carbocycles. The summed E-state index contributed by atoms with van der Waals surface area (Å²) in [5, 5.41) is 2.67. The summed E-state index contributed by atoms with van der Waals surface area (Å²) in [6.07, 6.45) is 0. The third kappa shape index (κ3) is 3.21. The zero-order valence-corrected chi connectivity index (χ0v) is 13.9. The molecule has 1 heterocycles. The van der Waals surface area contributed by atoms with Crippen molar-refractivity contribution in [3.63, 3.8) is 0 Å². The lowest BCUT2D eigenvalue weighted by Gasteiger charge is -2.22. The van der Waals surface area contributed by atoms with Gasteiger partial charge in [0.2, 0.25) is 0 Å². The summed E-state index contributed by atoms with van der Waals surface area (Å²) in [6, 6.07) is 6.97. The molecule has 6 nitrogen and oxygen atoms in total. The second-order valence-electron chi connectivity index (χ2n) is 6.03. The van der Waals surface area contributed by atoms with Crippen LogP contribution < -0.4 is 5.32 Å². The summed E-state index contributed by atoms with van der Waals surface area (Å²) in [4.78, 5) is 37.2. The number of urea groups is 1. The van der Waals surface area contributed by atoms with Crippen LogP contribution in [0.1, 0.15) is 44.7 Å². The molecule has 23 heavy (non-hydrogen) atoms. The van der Waals surface area contributed by atoms with Crippen molar-refractivity contribution >= 4 is 17.9 Å². The molecule has 0 aliphatic carbocycles. The summed E-state index contributed by atoms with van der Waals surface area (Å²) in [5.74, 6) is -0.672. The highest BCUT2D eigenvalue weighted by Crippen LogP contribution is 2.29. The first-order chi connectivity index (χ1) is 10.8. The van der Waals surface area contributed by atoms with E-state index in [1.165, 1.54) is 0 Å². The van der Waals surface area contributed by atoms with Crippen LogP contribution in [-0.4, -0.2) is 36.0 Å². The Morgan fingerprint density at radius 2 is 1.87 bits per heavy atom. The van der Waals surface area contributed by atoms with Gasteiger partial charge in [-0.15, -0.1) is 0 Å². The average Bonchev–Trinajstić information content (AvgIpc) is 2.72. The number of rotatable bonds is 5. The van der Waals surface area contributed by atoms with Gasteiger partial charge in [-0.1, -0.05) is 38.1 Å². The predicted molar refractivity (Wildman–Crippen MR) is 84.8 cm³/mol. The van der Waals surface area contributed by atoms with E-state index in [4.69, 9.17) is 4.74 Å². The van der Waals surface area contributed by atoms with Crippen molar-refractivity contribution in [1.82, 2.24) is 10.2 Å². The van der Waals surface area contributed by atoms with Gasteiger partial charge in [0.25, 0.3) is 5.91 Å². The number of esters is 1. The molecule has 1 saturated heterocycles. The summed E-state index contributed by atoms with van der Waals surface area (Å²) >= 11 is 0. The Bertz CT molecular complexity index is 624. The van der Waals surface area contributed by atoms with Gasteiger partial charge in [0.05, 0.1) is 6.61 Å². The highest BCUT2D eigenvalue weighted by Gasteiger charge is 2.49. The molecule has 1 aromatic rings. The quantitative estimate of drug-likeness (QED) is 0.666. The van der Waals surface area contributed by atoms with E-state index in [0.717, 1.165) is 10.5 Å². The van der Waals surface area contributed by atoms with Gasteiger partial charge in [-0.2, -0.15) is 0 Å². The maximum absolute atomic E-state index is 12.6. The summed E-state index contributed by atoms with van der Waals surface area (Å²) in [6.45, 7) is 7.31. The molecular formula is C17H22N2O4. The van der Waals surface area contributed by atoms with E-state index in [9.17, 15) is 14.4 Å². The molecule has 1 N–H and O–H groups in total. The van der Waals surface area contributed by atoms with Crippen molar-refractivity contribution < 1.29 is 19.1 Å². The molecule has 0 spiro atoms. The number of amides is 3. The summed E-state index contributed by atoms with van der Waals surface area (Å²) in [7, 11) is 0. The number of benzene rings is 1. The molecule has 124 valence electrons. The first kappa shape index (κ1) is 17.0. The van der Waals surface area contributed by atoms with Gasteiger partial charge in [0.15, 0.2) is 0 Å². The number of nitrogens with one attached hydrogen (secondary N) is 1. The number of imide groups is 1. The fraction of sp³-hybridized carbons (Fsp3) is 0.471. The van der Waals surface area contributed by atoms with Gasteiger partial charge in [0, 0.05) is 0 Å². The van der Waals surface area contributed by atoms with Gasteiger partial charge in [-0.3, -0.25) is 14.5 Å². The lowest BCUT2D eigenvalue weighted by atomic mass is 9.90. The zero-order valence-electron chi connectivity index (χ0n) is 13.9. The molecule has 0 saturated carbocycles. The first-order valence-electron chi connectivity index (χ1n) is 7.69. The second kappa shape index (κ2) is 6.40. The molecule has 1 aliphatic heterocycles. The standard InChI is InChI=1S/C17H22N2O4/c1-5-23-14(20)10-19-15(21)17(4,18-16(19)22)13-8-6-12(7-9-13)11(2)3/h6-9,11H,5,10H2,1-4H3,(H,18,22)/t17-/m1/s1. The molecule has 3 amide bonds. The van der Waals surface area contributed by atoms with Crippen molar-refractivity contribution in [2.24, 2.45) is 0 Å². The van der Waals surface area contributed by atoms with Crippen LogP contribution in [-0.2, 0) is 19.9 Å². The van der Waals surface area contributed by atoms with Crippen molar-refractivity contribution in [3.05, 3.63) is 35.4 Å². The molecule has 0 bridgehead atoms. The molecule has 1 fully saturated rings. The first-order valence-corrected chi connectivity index (χ1v) is 7.69. The molecule has 0 aromatic heterocycles. The minimum atomic E-state index is -1.17. The van der Waals surface area contributed by atoms with Crippen LogP contribution in [0.4, 0.5) is 4.79 Å². The molecule has 6 heteroatoms. The molecular weight excluding hydrogens is 296 g/mol. The van der Waals surface area contributed by atoms with Crippen molar-refractivity contribution in [2.75, 3.05) is 13.2 Å². The van der Waals surface area contributed by atoms with E-state index in [1.807, 2.05) is 24.3 Å². The molecule has 0 radical (unpaired) electrons. The summed E-state index contributed by atoms with van der Waals surface area (Å²) in [5.41, 5.74) is 0.670. The predicted octanol–water partition coefficient (Wildman–Crippen LogP) is 2.14. The van der Waals surface area contributed by atoms with E-state index < -0.39 is 23.4 Å². The fourth-order valence-electron chi connectivity index (χ4n) is 2.57. The Balaban J connectivity index is 2.23. The van der Waals surface area contributed by atoms with Gasteiger partial charge < -0.3 is 10.1 Å². The number of hydrogen-bond acceptors (Lipinski definition) is 4. The number of carbonyl (C=O) groups is 3. The van der Waals surface area contributed by atoms with Gasteiger partial charge in [-0.05, 0) is 30.9 Å². The highest BCUT2D eigenvalue weighted by atomic mass is 16.5. The van der Waals surface area contributed by atoms with E-state index in [-0.39, 0.29) is 13.2 Å². The third-order valence-electron chi connectivity index (χ3n) is 4.02. The van der Waals surface area contributed by atoms with Gasteiger partial charge in [0.1, 0.15) is 12.1 Å². The lowest BCUT2D eigenvalue weighted by molar-refractivity contribution is -0.147. The molecule has 1 aliphatic rings. The Labute approximate surface area is 135 Å². The van der Waals surface area contributed by atoms with Crippen LogP contribution >= 0.6 is 0 Å². The van der Waals surface area contributed by atoms with E-state index in [1.54, 1.807) is 13.8 Å². The van der Waals surface area contributed by atoms with Crippen LogP contribution in [0, 0.1) is 0 Å². The van der Waals surface area contributed by atoms with Crippen LogP contribution in [0.15, 0.2) is 24.3 Å². The average molecular weight is 318 g/mol. The molecule has 0 unspecified atom stereocenters. The largest absolute Gasteiger partial charge is 0.465 e. The molecule has 1 atom stereocenters. The van der Waals surface area contributed by atoms with Crippen LogP contribution in [0.25, 0.3) is 0 Å². The molecule has 2 rings (SSSR count). The lowest BCUT2D eigenvalue weighted by Crippen LogP contribution is -2.41.